The molecule has 0 unspecified atom stereocenters. The Bertz CT molecular complexity index is 1010. The van der Waals surface area contributed by atoms with E-state index < -0.39 is 0 Å². The Balaban J connectivity index is 0.00000121. The van der Waals surface area contributed by atoms with Gasteiger partial charge < -0.3 is 10.2 Å². The van der Waals surface area contributed by atoms with Crippen LogP contribution in [0.5, 0.6) is 11.5 Å². The molecule has 26 heavy (non-hydrogen) atoms. The van der Waals surface area contributed by atoms with E-state index in [1.165, 1.54) is 0 Å². The first-order valence-corrected chi connectivity index (χ1v) is 7.83. The predicted octanol–water partition coefficient (Wildman–Crippen LogP) is 5.28. The molecule has 4 aromatic carbocycles. The molecule has 0 atom stereocenters. The van der Waals surface area contributed by atoms with Crippen molar-refractivity contribution in [2.45, 2.75) is 13.8 Å². The first-order chi connectivity index (χ1) is 11.6. The number of fused-ring (bicyclic) bond motifs is 2. The molecular formula is C22H16O2Y2-2. The third kappa shape index (κ3) is 3.50. The van der Waals surface area contributed by atoms with Gasteiger partial charge in [-0.2, -0.15) is 48.5 Å². The van der Waals surface area contributed by atoms with E-state index in [2.05, 4.69) is 12.1 Å². The molecule has 2 N–H and O–H groups in total. The van der Waals surface area contributed by atoms with Gasteiger partial charge in [-0.15, -0.1) is 33.7 Å². The summed E-state index contributed by atoms with van der Waals surface area (Å²) in [6.45, 7) is 3.74. The van der Waals surface area contributed by atoms with E-state index >= 15 is 0 Å². The average Bonchev–Trinajstić information content (AvgIpc) is 2.58. The normalized spacial score (nSPS) is 10.4. The van der Waals surface area contributed by atoms with Gasteiger partial charge in [0, 0.05) is 76.5 Å². The van der Waals surface area contributed by atoms with Crippen molar-refractivity contribution in [3.05, 3.63) is 71.8 Å². The standard InChI is InChI=1S/C22H16O2.2Y/c1-13-11-15-7-3-5-9-17(15)19(21(13)23)20-18-10-6-4-8-16(18)12-14(2)22(20)24;;/h5-12,23-24H,1-2H3;;/q-2;;. The minimum Gasteiger partial charge on any atom is -0.507 e. The zero-order chi connectivity index (χ0) is 16.8. The van der Waals surface area contributed by atoms with Gasteiger partial charge in [-0.1, -0.05) is 0 Å². The number of benzene rings is 4. The van der Waals surface area contributed by atoms with Crippen molar-refractivity contribution in [1.82, 2.24) is 0 Å². The van der Waals surface area contributed by atoms with Crippen LogP contribution in [-0.4, -0.2) is 10.2 Å². The van der Waals surface area contributed by atoms with E-state index in [9.17, 15) is 10.2 Å². The molecule has 0 saturated carbocycles. The number of aryl methyl sites for hydroxylation is 2. The number of phenols is 2. The topological polar surface area (TPSA) is 40.5 Å². The molecule has 0 heterocycles. The Morgan fingerprint density at radius 3 is 1.46 bits per heavy atom. The molecule has 0 spiro atoms. The minimum absolute atomic E-state index is 0. The van der Waals surface area contributed by atoms with Crippen LogP contribution in [0.3, 0.4) is 0 Å². The summed E-state index contributed by atoms with van der Waals surface area (Å²) in [6.07, 6.45) is 0. The second-order valence-corrected chi connectivity index (χ2v) is 6.13. The van der Waals surface area contributed by atoms with Crippen LogP contribution in [0.25, 0.3) is 32.7 Å². The van der Waals surface area contributed by atoms with Gasteiger partial charge in [-0.25, -0.2) is 0 Å². The van der Waals surface area contributed by atoms with Crippen LogP contribution in [-0.2, 0) is 65.4 Å². The molecular weight excluding hydrogens is 474 g/mol. The Hall–Kier alpha value is -0.792. The molecule has 0 aliphatic carbocycles. The summed E-state index contributed by atoms with van der Waals surface area (Å²) < 4.78 is 0. The number of aromatic hydroxyl groups is 2. The van der Waals surface area contributed by atoms with E-state index in [1.807, 2.05) is 62.4 Å². The van der Waals surface area contributed by atoms with Gasteiger partial charge in [0.25, 0.3) is 0 Å². The maximum atomic E-state index is 10.8. The molecule has 4 rings (SSSR count). The summed E-state index contributed by atoms with van der Waals surface area (Å²) in [5, 5.41) is 25.4. The second-order valence-electron chi connectivity index (χ2n) is 6.13. The molecule has 4 aromatic rings. The Morgan fingerprint density at radius 1 is 0.692 bits per heavy atom. The predicted molar refractivity (Wildman–Crippen MR) is 97.4 cm³/mol. The molecule has 0 aliphatic rings. The maximum absolute atomic E-state index is 10.8. The molecule has 0 bridgehead atoms. The third-order valence-electron chi connectivity index (χ3n) is 4.55. The molecule has 2 nitrogen and oxygen atoms in total. The second kappa shape index (κ2) is 8.48. The van der Waals surface area contributed by atoms with Gasteiger partial charge in [0.2, 0.25) is 0 Å². The van der Waals surface area contributed by atoms with E-state index in [0.29, 0.717) is 11.1 Å². The molecule has 0 amide bonds. The van der Waals surface area contributed by atoms with Crippen LogP contribution in [0.15, 0.2) is 48.5 Å². The molecule has 0 aromatic heterocycles. The van der Waals surface area contributed by atoms with Crippen molar-refractivity contribution in [3.63, 3.8) is 0 Å². The molecule has 2 radical (unpaired) electrons. The van der Waals surface area contributed by atoms with Crippen LogP contribution < -0.4 is 0 Å². The average molecular weight is 490 g/mol. The Labute approximate surface area is 203 Å². The molecule has 0 saturated heterocycles. The number of phenolic OH excluding ortho intramolecular Hbond substituents is 2. The molecule has 124 valence electrons. The fraction of sp³-hybridized carbons (Fsp3) is 0.0909. The summed E-state index contributed by atoms with van der Waals surface area (Å²) in [6, 6.07) is 21.3. The minimum atomic E-state index is 0. The van der Waals surface area contributed by atoms with Gasteiger partial charge in [-0.05, 0) is 25.0 Å². The first kappa shape index (κ1) is 21.5. The quantitative estimate of drug-likeness (QED) is 0.357. The van der Waals surface area contributed by atoms with Gasteiger partial charge in [0.1, 0.15) is 11.5 Å². The fourth-order valence-corrected chi connectivity index (χ4v) is 3.34. The Morgan fingerprint density at radius 2 is 1.08 bits per heavy atom. The van der Waals surface area contributed by atoms with E-state index in [-0.39, 0.29) is 76.9 Å². The smallest absolute Gasteiger partial charge is 0.123 e. The van der Waals surface area contributed by atoms with Crippen molar-refractivity contribution in [3.8, 4) is 22.6 Å². The molecule has 0 aliphatic heterocycles. The van der Waals surface area contributed by atoms with E-state index in [0.717, 1.165) is 32.7 Å². The van der Waals surface area contributed by atoms with Crippen molar-refractivity contribution in [1.29, 1.82) is 0 Å². The summed E-state index contributed by atoms with van der Waals surface area (Å²) in [5.74, 6) is 0.396. The number of rotatable bonds is 1. The van der Waals surface area contributed by atoms with Crippen molar-refractivity contribution < 1.29 is 75.6 Å². The van der Waals surface area contributed by atoms with Gasteiger partial charge in [-0.3, -0.25) is 0 Å². The number of hydrogen-bond acceptors (Lipinski definition) is 2. The largest absolute Gasteiger partial charge is 0.507 e. The SMILES string of the molecule is Cc1cc2c[c-]ccc2c(-c2c(O)c(C)cc3c[c-]ccc23)c1O.[Y].[Y]. The van der Waals surface area contributed by atoms with Gasteiger partial charge in [0.05, 0.1) is 0 Å². The van der Waals surface area contributed by atoms with E-state index in [1.54, 1.807) is 0 Å². The maximum Gasteiger partial charge on any atom is 0.123 e. The molecule has 4 heteroatoms. The fourth-order valence-electron chi connectivity index (χ4n) is 3.34. The van der Waals surface area contributed by atoms with Gasteiger partial charge in [0.15, 0.2) is 0 Å². The van der Waals surface area contributed by atoms with Crippen molar-refractivity contribution in [2.24, 2.45) is 0 Å². The number of hydrogen-bond donors (Lipinski definition) is 2. The Kier molecular flexibility index (Phi) is 7.02. The van der Waals surface area contributed by atoms with Crippen LogP contribution in [0.1, 0.15) is 11.1 Å². The van der Waals surface area contributed by atoms with Gasteiger partial charge >= 0.3 is 0 Å². The zero-order valence-electron chi connectivity index (χ0n) is 14.7. The molecule has 0 fully saturated rings. The van der Waals surface area contributed by atoms with Crippen LogP contribution in [0.4, 0.5) is 0 Å². The van der Waals surface area contributed by atoms with Crippen molar-refractivity contribution >= 4 is 21.5 Å². The monoisotopic (exact) mass is 490 g/mol. The van der Waals surface area contributed by atoms with Crippen molar-refractivity contribution in [2.75, 3.05) is 0 Å². The first-order valence-electron chi connectivity index (χ1n) is 7.83. The van der Waals surface area contributed by atoms with E-state index in [4.69, 9.17) is 0 Å². The summed E-state index contributed by atoms with van der Waals surface area (Å²) in [5.41, 5.74) is 2.87. The summed E-state index contributed by atoms with van der Waals surface area (Å²) in [7, 11) is 0. The third-order valence-corrected chi connectivity index (χ3v) is 4.55. The summed E-state index contributed by atoms with van der Waals surface area (Å²) >= 11 is 0. The van der Waals surface area contributed by atoms with Crippen LogP contribution >= 0.6 is 0 Å². The zero-order valence-corrected chi connectivity index (χ0v) is 20.3. The summed E-state index contributed by atoms with van der Waals surface area (Å²) in [4.78, 5) is 0. The van der Waals surface area contributed by atoms with Crippen LogP contribution in [0, 0.1) is 26.0 Å². The van der Waals surface area contributed by atoms with Crippen LogP contribution in [0.2, 0.25) is 0 Å².